The summed E-state index contributed by atoms with van der Waals surface area (Å²) in [5.41, 5.74) is 1.13. The van der Waals surface area contributed by atoms with Crippen LogP contribution in [0.3, 0.4) is 0 Å². The van der Waals surface area contributed by atoms with Crippen molar-refractivity contribution in [3.05, 3.63) is 17.4 Å². The van der Waals surface area contributed by atoms with Gasteiger partial charge in [0.1, 0.15) is 6.10 Å². The van der Waals surface area contributed by atoms with Gasteiger partial charge in [0, 0.05) is 19.2 Å². The van der Waals surface area contributed by atoms with Gasteiger partial charge in [0.05, 0.1) is 12.9 Å². The molecule has 0 unspecified atom stereocenters. The Balaban J connectivity index is 2.15. The fourth-order valence-corrected chi connectivity index (χ4v) is 2.73. The van der Waals surface area contributed by atoms with E-state index in [-0.39, 0.29) is 12.0 Å². The van der Waals surface area contributed by atoms with Crippen molar-refractivity contribution >= 4 is 16.1 Å². The lowest BCUT2D eigenvalue weighted by Crippen LogP contribution is -2.41. The van der Waals surface area contributed by atoms with Gasteiger partial charge in [0.25, 0.3) is 0 Å². The van der Waals surface area contributed by atoms with E-state index in [1.807, 2.05) is 13.0 Å². The first kappa shape index (κ1) is 17.1. The number of allylic oxidation sites excluding steroid dienone is 1. The van der Waals surface area contributed by atoms with Gasteiger partial charge in [-0.2, -0.15) is 4.31 Å². The monoisotopic (exact) mass is 329 g/mol. The van der Waals surface area contributed by atoms with Crippen molar-refractivity contribution in [2.75, 3.05) is 26.0 Å². The van der Waals surface area contributed by atoms with Crippen LogP contribution in [-0.2, 0) is 14.8 Å². The zero-order chi connectivity index (χ0) is 16.5. The number of ether oxygens (including phenoxy) is 1. The maximum Gasteiger partial charge on any atom is 0.246 e. The Bertz CT molecular complexity index is 658. The number of aromatic nitrogens is 2. The maximum absolute atomic E-state index is 11.6. The van der Waals surface area contributed by atoms with Crippen molar-refractivity contribution in [2.45, 2.75) is 33.8 Å². The Morgan fingerprint density at radius 1 is 1.36 bits per heavy atom. The molecule has 124 valence electrons. The quantitative estimate of drug-likeness (QED) is 0.841. The smallest absolute Gasteiger partial charge is 0.246 e. The Morgan fingerprint density at radius 2 is 2.05 bits per heavy atom. The molecule has 0 aliphatic carbocycles. The van der Waals surface area contributed by atoms with E-state index in [4.69, 9.17) is 9.15 Å². The van der Waals surface area contributed by atoms with E-state index in [1.54, 1.807) is 0 Å². The standard InChI is InChI=1S/C14H23N3O4S/c1-10(14(2,3)4)8-12-15-16-13(21-12)11-9-17(6-7-20-11)22(5,18)19/h8,11H,6-7,9H2,1-5H3/b10-8+/t11-/m1/s1. The lowest BCUT2D eigenvalue weighted by molar-refractivity contribution is -0.0172. The molecule has 1 saturated heterocycles. The zero-order valence-corrected chi connectivity index (χ0v) is 14.5. The van der Waals surface area contributed by atoms with Crippen molar-refractivity contribution in [1.82, 2.24) is 14.5 Å². The highest BCUT2D eigenvalue weighted by Crippen LogP contribution is 2.27. The SMILES string of the molecule is C/C(=C\c1nnc([C@H]2CN(S(C)(=O)=O)CCO2)o1)C(C)(C)C. The molecule has 0 amide bonds. The molecule has 0 N–H and O–H groups in total. The summed E-state index contributed by atoms with van der Waals surface area (Å²) in [4.78, 5) is 0. The van der Waals surface area contributed by atoms with Crippen molar-refractivity contribution in [3.8, 4) is 0 Å². The topological polar surface area (TPSA) is 85.5 Å². The largest absolute Gasteiger partial charge is 0.418 e. The van der Waals surface area contributed by atoms with Crippen LogP contribution in [0.25, 0.3) is 6.08 Å². The van der Waals surface area contributed by atoms with Crippen LogP contribution in [0, 0.1) is 5.41 Å². The molecule has 1 atom stereocenters. The first-order valence-corrected chi connectivity index (χ1v) is 9.01. The van der Waals surface area contributed by atoms with E-state index < -0.39 is 16.1 Å². The minimum absolute atomic E-state index is 0.0169. The number of nitrogens with zero attached hydrogens (tertiary/aromatic N) is 3. The van der Waals surface area contributed by atoms with E-state index in [0.717, 1.165) is 5.57 Å². The van der Waals surface area contributed by atoms with E-state index in [0.29, 0.717) is 24.9 Å². The fourth-order valence-electron chi connectivity index (χ4n) is 1.91. The second-order valence-corrected chi connectivity index (χ2v) is 8.52. The summed E-state index contributed by atoms with van der Waals surface area (Å²) in [6, 6.07) is 0. The minimum atomic E-state index is -3.25. The highest BCUT2D eigenvalue weighted by atomic mass is 32.2. The molecule has 0 bridgehead atoms. The highest BCUT2D eigenvalue weighted by Gasteiger charge is 2.30. The predicted molar refractivity (Wildman–Crippen MR) is 82.5 cm³/mol. The van der Waals surface area contributed by atoms with Gasteiger partial charge < -0.3 is 9.15 Å². The Hall–Kier alpha value is -1.25. The van der Waals surface area contributed by atoms with Gasteiger partial charge in [-0.15, -0.1) is 10.2 Å². The molecule has 22 heavy (non-hydrogen) atoms. The summed E-state index contributed by atoms with van der Waals surface area (Å²) in [6.45, 7) is 9.17. The Labute approximate surface area is 131 Å². The second kappa shape index (κ2) is 6.10. The zero-order valence-electron chi connectivity index (χ0n) is 13.7. The normalized spacial score (nSPS) is 22.0. The van der Waals surface area contributed by atoms with Gasteiger partial charge >= 0.3 is 0 Å². The number of hydrogen-bond donors (Lipinski definition) is 0. The average Bonchev–Trinajstić information content (AvgIpc) is 2.85. The van der Waals surface area contributed by atoms with E-state index in [2.05, 4.69) is 31.0 Å². The van der Waals surface area contributed by atoms with Crippen LogP contribution in [0.4, 0.5) is 0 Å². The van der Waals surface area contributed by atoms with Crippen LogP contribution in [0.5, 0.6) is 0 Å². The van der Waals surface area contributed by atoms with Crippen LogP contribution in [0.2, 0.25) is 0 Å². The van der Waals surface area contributed by atoms with Crippen LogP contribution in [-0.4, -0.2) is 48.9 Å². The second-order valence-electron chi connectivity index (χ2n) is 6.54. The van der Waals surface area contributed by atoms with Gasteiger partial charge in [-0.3, -0.25) is 0 Å². The van der Waals surface area contributed by atoms with Crippen molar-refractivity contribution in [1.29, 1.82) is 0 Å². The lowest BCUT2D eigenvalue weighted by atomic mass is 9.87. The summed E-state index contributed by atoms with van der Waals surface area (Å²) in [6.07, 6.45) is 2.51. The van der Waals surface area contributed by atoms with Gasteiger partial charge in [0.2, 0.25) is 21.8 Å². The van der Waals surface area contributed by atoms with Gasteiger partial charge in [0.15, 0.2) is 0 Å². The van der Waals surface area contributed by atoms with Crippen LogP contribution < -0.4 is 0 Å². The predicted octanol–water partition coefficient (Wildman–Crippen LogP) is 1.85. The lowest BCUT2D eigenvalue weighted by Gasteiger charge is -2.29. The summed E-state index contributed by atoms with van der Waals surface area (Å²) < 4.78 is 35.8. The van der Waals surface area contributed by atoms with Crippen molar-refractivity contribution in [2.24, 2.45) is 5.41 Å². The molecule has 7 nitrogen and oxygen atoms in total. The third kappa shape index (κ3) is 4.15. The third-order valence-corrected chi connectivity index (χ3v) is 5.02. The third-order valence-electron chi connectivity index (χ3n) is 3.75. The van der Waals surface area contributed by atoms with Crippen LogP contribution in [0.1, 0.15) is 45.6 Å². The fraction of sp³-hybridized carbons (Fsp3) is 0.714. The molecule has 2 heterocycles. The molecule has 1 aliphatic rings. The summed E-state index contributed by atoms with van der Waals surface area (Å²) in [5.74, 6) is 0.712. The first-order valence-electron chi connectivity index (χ1n) is 7.16. The molecule has 1 aromatic rings. The summed E-state index contributed by atoms with van der Waals surface area (Å²) >= 11 is 0. The number of sulfonamides is 1. The highest BCUT2D eigenvalue weighted by molar-refractivity contribution is 7.88. The van der Waals surface area contributed by atoms with Crippen molar-refractivity contribution < 1.29 is 17.6 Å². The van der Waals surface area contributed by atoms with Crippen LogP contribution >= 0.6 is 0 Å². The molecule has 2 rings (SSSR count). The Morgan fingerprint density at radius 3 is 2.64 bits per heavy atom. The minimum Gasteiger partial charge on any atom is -0.418 e. The average molecular weight is 329 g/mol. The molecule has 0 spiro atoms. The van der Waals surface area contributed by atoms with E-state index >= 15 is 0 Å². The molecule has 1 aromatic heterocycles. The van der Waals surface area contributed by atoms with Gasteiger partial charge in [-0.25, -0.2) is 8.42 Å². The van der Waals surface area contributed by atoms with Crippen LogP contribution in [0.15, 0.2) is 9.99 Å². The molecule has 0 saturated carbocycles. The molecular weight excluding hydrogens is 306 g/mol. The molecule has 8 heteroatoms. The Kier molecular flexibility index (Phi) is 4.74. The molecule has 0 aromatic carbocycles. The van der Waals surface area contributed by atoms with Gasteiger partial charge in [-0.1, -0.05) is 26.3 Å². The van der Waals surface area contributed by atoms with E-state index in [1.165, 1.54) is 10.6 Å². The number of rotatable bonds is 3. The number of morpholine rings is 1. The summed E-state index contributed by atoms with van der Waals surface area (Å²) in [5, 5.41) is 7.97. The first-order chi connectivity index (χ1) is 10.1. The molecule has 0 radical (unpaired) electrons. The summed E-state index contributed by atoms with van der Waals surface area (Å²) in [7, 11) is -3.25. The molecule has 1 aliphatic heterocycles. The molecule has 1 fully saturated rings. The van der Waals surface area contributed by atoms with Gasteiger partial charge in [-0.05, 0) is 12.3 Å². The molecular formula is C14H23N3O4S. The van der Waals surface area contributed by atoms with Crippen molar-refractivity contribution in [3.63, 3.8) is 0 Å². The van der Waals surface area contributed by atoms with E-state index in [9.17, 15) is 8.42 Å². The number of hydrogen-bond acceptors (Lipinski definition) is 6. The maximum atomic E-state index is 11.6.